The quantitative estimate of drug-likeness (QED) is 0.745. The molecular weight excluding hydrogens is 371 g/mol. The lowest BCUT2D eigenvalue weighted by Crippen LogP contribution is -2.33. The Labute approximate surface area is 163 Å². The summed E-state index contributed by atoms with van der Waals surface area (Å²) in [5.74, 6) is -0.344. The van der Waals surface area contributed by atoms with Gasteiger partial charge in [-0.1, -0.05) is 59.1 Å². The summed E-state index contributed by atoms with van der Waals surface area (Å²) in [7, 11) is 0. The molecule has 0 saturated carbocycles. The number of halogens is 2. The van der Waals surface area contributed by atoms with Crippen LogP contribution in [0.3, 0.4) is 0 Å². The molecular formula is C20H22Cl2N2O2. The summed E-state index contributed by atoms with van der Waals surface area (Å²) in [5, 5.41) is 6.69. The second kappa shape index (κ2) is 9.06. The van der Waals surface area contributed by atoms with Gasteiger partial charge in [0.15, 0.2) is 0 Å². The Bertz CT molecular complexity index is 791. The Morgan fingerprint density at radius 1 is 0.962 bits per heavy atom. The van der Waals surface area contributed by atoms with E-state index in [1.165, 1.54) is 6.92 Å². The fraction of sp³-hybridized carbons (Fsp3) is 0.300. The molecule has 0 radical (unpaired) electrons. The number of hydrogen-bond donors (Lipinski definition) is 2. The molecule has 0 aliphatic carbocycles. The highest BCUT2D eigenvalue weighted by atomic mass is 35.5. The molecule has 2 aromatic rings. The molecule has 138 valence electrons. The van der Waals surface area contributed by atoms with Crippen molar-refractivity contribution in [3.8, 4) is 0 Å². The van der Waals surface area contributed by atoms with Crippen LogP contribution in [0, 0.1) is 6.92 Å². The molecule has 0 saturated heterocycles. The molecule has 2 aromatic carbocycles. The first-order valence-corrected chi connectivity index (χ1v) is 9.10. The average molecular weight is 393 g/mol. The topological polar surface area (TPSA) is 58.2 Å². The number of benzene rings is 2. The van der Waals surface area contributed by atoms with Crippen molar-refractivity contribution in [2.45, 2.75) is 39.3 Å². The minimum Gasteiger partial charge on any atom is -0.350 e. The highest BCUT2D eigenvalue weighted by Crippen LogP contribution is 2.26. The summed E-state index contributed by atoms with van der Waals surface area (Å²) in [4.78, 5) is 24.0. The smallest absolute Gasteiger partial charge is 0.222 e. The van der Waals surface area contributed by atoms with E-state index < -0.39 is 0 Å². The zero-order valence-electron chi connectivity index (χ0n) is 15.0. The normalized spacial score (nSPS) is 13.0. The van der Waals surface area contributed by atoms with Gasteiger partial charge in [0, 0.05) is 6.92 Å². The number of carbonyl (C=O) groups excluding carboxylic acids is 2. The number of amides is 2. The van der Waals surface area contributed by atoms with E-state index in [0.717, 1.165) is 16.7 Å². The van der Waals surface area contributed by atoms with Gasteiger partial charge in [0.1, 0.15) is 0 Å². The summed E-state index contributed by atoms with van der Waals surface area (Å²) in [5.41, 5.74) is 2.87. The van der Waals surface area contributed by atoms with Crippen molar-refractivity contribution in [2.75, 3.05) is 0 Å². The summed E-state index contributed by atoms with van der Waals surface area (Å²) in [6.07, 6.45) is 0.147. The first-order valence-electron chi connectivity index (χ1n) is 8.34. The molecule has 0 bridgehead atoms. The zero-order valence-corrected chi connectivity index (χ0v) is 16.5. The molecule has 0 spiro atoms. The van der Waals surface area contributed by atoms with E-state index in [9.17, 15) is 9.59 Å². The minimum atomic E-state index is -0.380. The largest absolute Gasteiger partial charge is 0.350 e. The van der Waals surface area contributed by atoms with E-state index in [4.69, 9.17) is 23.2 Å². The van der Waals surface area contributed by atoms with Crippen molar-refractivity contribution in [3.63, 3.8) is 0 Å². The van der Waals surface area contributed by atoms with E-state index in [1.54, 1.807) is 12.1 Å². The van der Waals surface area contributed by atoms with Crippen molar-refractivity contribution in [2.24, 2.45) is 0 Å². The average Bonchev–Trinajstić information content (AvgIpc) is 2.57. The van der Waals surface area contributed by atoms with E-state index in [-0.39, 0.29) is 30.3 Å². The van der Waals surface area contributed by atoms with Crippen LogP contribution in [0.15, 0.2) is 42.5 Å². The molecule has 2 amide bonds. The van der Waals surface area contributed by atoms with Gasteiger partial charge in [-0.2, -0.15) is 0 Å². The number of aryl methyl sites for hydroxylation is 1. The molecule has 6 heteroatoms. The number of rotatable bonds is 6. The van der Waals surface area contributed by atoms with Gasteiger partial charge >= 0.3 is 0 Å². The highest BCUT2D eigenvalue weighted by molar-refractivity contribution is 6.42. The predicted molar refractivity (Wildman–Crippen MR) is 105 cm³/mol. The van der Waals surface area contributed by atoms with Crippen LogP contribution in [-0.4, -0.2) is 11.8 Å². The van der Waals surface area contributed by atoms with Crippen LogP contribution in [0.1, 0.15) is 49.0 Å². The molecule has 0 aliphatic rings. The van der Waals surface area contributed by atoms with Crippen LogP contribution in [0.2, 0.25) is 10.0 Å². The van der Waals surface area contributed by atoms with Gasteiger partial charge in [0.05, 0.1) is 28.5 Å². The summed E-state index contributed by atoms with van der Waals surface area (Å²) < 4.78 is 0. The fourth-order valence-electron chi connectivity index (χ4n) is 2.65. The molecule has 0 aliphatic heterocycles. The van der Waals surface area contributed by atoms with Crippen LogP contribution < -0.4 is 10.6 Å². The summed E-state index contributed by atoms with van der Waals surface area (Å²) in [6.45, 7) is 5.30. The third kappa shape index (κ3) is 5.75. The molecule has 0 heterocycles. The van der Waals surface area contributed by atoms with Crippen molar-refractivity contribution in [1.29, 1.82) is 0 Å². The van der Waals surface area contributed by atoms with Gasteiger partial charge in [-0.3, -0.25) is 9.59 Å². The Balaban J connectivity index is 2.07. The Morgan fingerprint density at radius 2 is 1.58 bits per heavy atom. The third-order valence-electron chi connectivity index (χ3n) is 4.07. The third-order valence-corrected chi connectivity index (χ3v) is 4.81. The van der Waals surface area contributed by atoms with Gasteiger partial charge in [-0.25, -0.2) is 0 Å². The van der Waals surface area contributed by atoms with Gasteiger partial charge in [-0.05, 0) is 37.1 Å². The molecule has 0 fully saturated rings. The molecule has 2 atom stereocenters. The number of carbonyl (C=O) groups is 2. The second-order valence-electron chi connectivity index (χ2n) is 6.33. The van der Waals surface area contributed by atoms with Crippen LogP contribution in [0.25, 0.3) is 0 Å². The number of hydrogen-bond acceptors (Lipinski definition) is 2. The lowest BCUT2D eigenvalue weighted by molar-refractivity contribution is -0.123. The van der Waals surface area contributed by atoms with Gasteiger partial charge < -0.3 is 10.6 Å². The van der Waals surface area contributed by atoms with Crippen LogP contribution in [0.5, 0.6) is 0 Å². The maximum atomic E-state index is 12.5. The van der Waals surface area contributed by atoms with Crippen molar-refractivity contribution in [1.82, 2.24) is 10.6 Å². The molecule has 26 heavy (non-hydrogen) atoms. The molecule has 4 nitrogen and oxygen atoms in total. The minimum absolute atomic E-state index is 0.147. The molecule has 0 aromatic heterocycles. The second-order valence-corrected chi connectivity index (χ2v) is 7.15. The van der Waals surface area contributed by atoms with Gasteiger partial charge in [0.2, 0.25) is 11.8 Å². The molecule has 2 unspecified atom stereocenters. The molecule has 2 N–H and O–H groups in total. The van der Waals surface area contributed by atoms with E-state index in [1.807, 2.05) is 44.2 Å². The fourth-order valence-corrected chi connectivity index (χ4v) is 2.95. The summed E-state index contributed by atoms with van der Waals surface area (Å²) in [6, 6.07) is 12.4. The maximum absolute atomic E-state index is 12.5. The number of nitrogens with one attached hydrogen (secondary N) is 2. The lowest BCUT2D eigenvalue weighted by Gasteiger charge is -2.20. The van der Waals surface area contributed by atoms with E-state index >= 15 is 0 Å². The van der Waals surface area contributed by atoms with E-state index in [2.05, 4.69) is 10.6 Å². The van der Waals surface area contributed by atoms with Gasteiger partial charge in [-0.15, -0.1) is 0 Å². The predicted octanol–water partition coefficient (Wildman–Crippen LogP) is 4.75. The standard InChI is InChI=1S/C20H22Cl2N2O2/c1-12-4-6-15(7-5-12)19(24-14(3)25)11-20(26)23-13(2)16-8-9-17(21)18(22)10-16/h4-10,13,19H,11H2,1-3H3,(H,23,26)(H,24,25). The first-order chi connectivity index (χ1) is 12.3. The van der Waals surface area contributed by atoms with Crippen molar-refractivity contribution in [3.05, 3.63) is 69.2 Å². The van der Waals surface area contributed by atoms with E-state index in [0.29, 0.717) is 10.0 Å². The Hall–Kier alpha value is -2.04. The van der Waals surface area contributed by atoms with Crippen molar-refractivity contribution >= 4 is 35.0 Å². The SMILES string of the molecule is CC(=O)NC(CC(=O)NC(C)c1ccc(Cl)c(Cl)c1)c1ccc(C)cc1. The van der Waals surface area contributed by atoms with Gasteiger partial charge in [0.25, 0.3) is 0 Å². The monoisotopic (exact) mass is 392 g/mol. The van der Waals surface area contributed by atoms with Crippen LogP contribution in [0.4, 0.5) is 0 Å². The van der Waals surface area contributed by atoms with Crippen molar-refractivity contribution < 1.29 is 9.59 Å². The van der Waals surface area contributed by atoms with Crippen LogP contribution >= 0.6 is 23.2 Å². The lowest BCUT2D eigenvalue weighted by atomic mass is 10.0. The van der Waals surface area contributed by atoms with Crippen LogP contribution in [-0.2, 0) is 9.59 Å². The zero-order chi connectivity index (χ0) is 19.3. The summed E-state index contributed by atoms with van der Waals surface area (Å²) >= 11 is 12.0. The Kier molecular flexibility index (Phi) is 7.06. The molecule has 2 rings (SSSR count). The first kappa shape index (κ1) is 20.3. The maximum Gasteiger partial charge on any atom is 0.222 e. The highest BCUT2D eigenvalue weighted by Gasteiger charge is 2.19. The Morgan fingerprint density at radius 3 is 2.15 bits per heavy atom.